The summed E-state index contributed by atoms with van der Waals surface area (Å²) in [5.74, 6) is 0.629. The fourth-order valence-corrected chi connectivity index (χ4v) is 4.47. The number of halogens is 2. The topological polar surface area (TPSA) is 67.5 Å². The lowest BCUT2D eigenvalue weighted by Crippen LogP contribution is -2.29. The molecule has 1 unspecified atom stereocenters. The average Bonchev–Trinajstić information content (AvgIpc) is 3.39. The zero-order chi connectivity index (χ0) is 23.8. The van der Waals surface area contributed by atoms with Gasteiger partial charge in [0.05, 0.1) is 26.0 Å². The predicted octanol–water partition coefficient (Wildman–Crippen LogP) is 5.63. The SMILES string of the molecule is COc1ccc(C2c3c(-c4ccc(Cl)cc4)n[nH]c3C(=O)N2Cc2ccc(F)cc2)cc1OC. The molecule has 0 saturated carbocycles. The third-order valence-corrected chi connectivity index (χ3v) is 6.22. The van der Waals surface area contributed by atoms with Crippen LogP contribution in [0.1, 0.15) is 33.2 Å². The number of nitrogens with zero attached hydrogens (tertiary/aromatic N) is 2. The molecule has 0 spiro atoms. The largest absolute Gasteiger partial charge is 0.493 e. The van der Waals surface area contributed by atoms with Crippen molar-refractivity contribution in [3.05, 3.63) is 100.0 Å². The second-order valence-corrected chi connectivity index (χ2v) is 8.38. The van der Waals surface area contributed by atoms with E-state index in [1.807, 2.05) is 30.3 Å². The smallest absolute Gasteiger partial charge is 0.273 e. The number of carbonyl (C=O) groups excluding carboxylic acids is 1. The van der Waals surface area contributed by atoms with Crippen LogP contribution in [0, 0.1) is 5.82 Å². The van der Waals surface area contributed by atoms with Crippen molar-refractivity contribution in [3.63, 3.8) is 0 Å². The Hall–Kier alpha value is -3.84. The lowest BCUT2D eigenvalue weighted by atomic mass is 9.95. The Balaban J connectivity index is 1.65. The van der Waals surface area contributed by atoms with E-state index in [0.717, 1.165) is 22.3 Å². The van der Waals surface area contributed by atoms with Crippen LogP contribution in [0.3, 0.4) is 0 Å². The van der Waals surface area contributed by atoms with Crippen LogP contribution in [0.5, 0.6) is 11.5 Å². The van der Waals surface area contributed by atoms with Gasteiger partial charge in [-0.15, -0.1) is 0 Å². The minimum Gasteiger partial charge on any atom is -0.493 e. The van der Waals surface area contributed by atoms with E-state index in [0.29, 0.717) is 34.5 Å². The van der Waals surface area contributed by atoms with Gasteiger partial charge in [-0.3, -0.25) is 9.89 Å². The van der Waals surface area contributed by atoms with Gasteiger partial charge in [-0.2, -0.15) is 5.10 Å². The van der Waals surface area contributed by atoms with Gasteiger partial charge in [0, 0.05) is 22.7 Å². The number of H-pyrrole nitrogens is 1. The summed E-state index contributed by atoms with van der Waals surface area (Å²) in [5, 5.41) is 8.02. The zero-order valence-electron chi connectivity index (χ0n) is 18.5. The number of hydrogen-bond donors (Lipinski definition) is 1. The summed E-state index contributed by atoms with van der Waals surface area (Å²) in [6.45, 7) is 0.292. The van der Waals surface area contributed by atoms with E-state index in [1.165, 1.54) is 12.1 Å². The number of carbonyl (C=O) groups is 1. The first kappa shape index (κ1) is 22.0. The summed E-state index contributed by atoms with van der Waals surface area (Å²) in [4.78, 5) is 15.3. The summed E-state index contributed by atoms with van der Waals surface area (Å²) < 4.78 is 24.4. The number of aromatic nitrogens is 2. The lowest BCUT2D eigenvalue weighted by Gasteiger charge is -2.27. The number of nitrogens with one attached hydrogen (secondary N) is 1. The van der Waals surface area contributed by atoms with E-state index < -0.39 is 6.04 Å². The number of benzene rings is 3. The lowest BCUT2D eigenvalue weighted by molar-refractivity contribution is 0.0730. The van der Waals surface area contributed by atoms with Crippen molar-refractivity contribution in [2.45, 2.75) is 12.6 Å². The van der Waals surface area contributed by atoms with Gasteiger partial charge in [-0.05, 0) is 47.5 Å². The van der Waals surface area contributed by atoms with Crippen LogP contribution in [0.2, 0.25) is 5.02 Å². The van der Waals surface area contributed by atoms with Crippen LogP contribution in [-0.4, -0.2) is 35.2 Å². The summed E-state index contributed by atoms with van der Waals surface area (Å²) >= 11 is 6.08. The molecular formula is C26H21ClFN3O3. The Morgan fingerprint density at radius 1 is 1.00 bits per heavy atom. The molecule has 1 N–H and O–H groups in total. The Kier molecular flexibility index (Phi) is 5.71. The van der Waals surface area contributed by atoms with E-state index >= 15 is 0 Å². The molecule has 0 fully saturated rings. The molecule has 1 amide bonds. The molecule has 8 heteroatoms. The molecule has 3 aromatic carbocycles. The Bertz CT molecular complexity index is 1350. The van der Waals surface area contributed by atoms with E-state index in [4.69, 9.17) is 21.1 Å². The van der Waals surface area contributed by atoms with E-state index in [-0.39, 0.29) is 11.7 Å². The first-order valence-electron chi connectivity index (χ1n) is 10.6. The minimum atomic E-state index is -0.447. The number of hydrogen-bond acceptors (Lipinski definition) is 4. The molecule has 1 aromatic heterocycles. The maximum atomic E-state index is 13.5. The van der Waals surface area contributed by atoms with Crippen molar-refractivity contribution >= 4 is 17.5 Å². The van der Waals surface area contributed by atoms with Crippen molar-refractivity contribution in [3.8, 4) is 22.8 Å². The van der Waals surface area contributed by atoms with Crippen LogP contribution in [-0.2, 0) is 6.54 Å². The molecule has 5 rings (SSSR count). The van der Waals surface area contributed by atoms with Gasteiger partial charge in [-0.1, -0.05) is 41.9 Å². The first-order valence-corrected chi connectivity index (χ1v) is 11.0. The molecule has 6 nitrogen and oxygen atoms in total. The van der Waals surface area contributed by atoms with Crippen molar-refractivity contribution < 1.29 is 18.7 Å². The number of fused-ring (bicyclic) bond motifs is 1. The summed E-state index contributed by atoms with van der Waals surface area (Å²) in [6.07, 6.45) is 0. The molecule has 1 atom stereocenters. The number of aromatic amines is 1. The van der Waals surface area contributed by atoms with Gasteiger partial charge in [0.15, 0.2) is 11.5 Å². The molecular weight excluding hydrogens is 457 g/mol. The van der Waals surface area contributed by atoms with E-state index in [9.17, 15) is 9.18 Å². The van der Waals surface area contributed by atoms with Crippen LogP contribution >= 0.6 is 11.6 Å². The number of amides is 1. The molecule has 2 heterocycles. The van der Waals surface area contributed by atoms with Crippen LogP contribution in [0.15, 0.2) is 66.7 Å². The monoisotopic (exact) mass is 477 g/mol. The molecule has 0 aliphatic carbocycles. The van der Waals surface area contributed by atoms with Gasteiger partial charge >= 0.3 is 0 Å². The predicted molar refractivity (Wildman–Crippen MR) is 127 cm³/mol. The maximum absolute atomic E-state index is 13.5. The van der Waals surface area contributed by atoms with Crippen molar-refractivity contribution in [2.75, 3.05) is 14.2 Å². The zero-order valence-corrected chi connectivity index (χ0v) is 19.3. The molecule has 1 aliphatic heterocycles. The number of methoxy groups -OCH3 is 2. The van der Waals surface area contributed by atoms with Crippen LogP contribution < -0.4 is 9.47 Å². The molecule has 0 bridgehead atoms. The Morgan fingerprint density at radius 3 is 2.38 bits per heavy atom. The highest BCUT2D eigenvalue weighted by Gasteiger charge is 2.42. The fourth-order valence-electron chi connectivity index (χ4n) is 4.34. The first-order chi connectivity index (χ1) is 16.5. The molecule has 172 valence electrons. The molecule has 0 saturated heterocycles. The van der Waals surface area contributed by atoms with Gasteiger partial charge in [-0.25, -0.2) is 4.39 Å². The summed E-state index contributed by atoms with van der Waals surface area (Å²) in [5.41, 5.74) is 4.34. The van der Waals surface area contributed by atoms with Crippen LogP contribution in [0.4, 0.5) is 4.39 Å². The molecule has 34 heavy (non-hydrogen) atoms. The third-order valence-electron chi connectivity index (χ3n) is 5.97. The number of ether oxygens (including phenoxy) is 2. The Labute approximate surface area is 200 Å². The summed E-state index contributed by atoms with van der Waals surface area (Å²) in [7, 11) is 3.14. The standard InChI is InChI=1S/C26H21ClFN3O3/c1-33-20-12-7-17(13-21(20)34-2)25-22-23(16-5-8-18(27)9-6-16)29-30-24(22)26(32)31(25)14-15-3-10-19(28)11-4-15/h3-13,25H,14H2,1-2H3,(H,29,30). The van der Waals surface area contributed by atoms with E-state index in [1.54, 1.807) is 43.4 Å². The third kappa shape index (κ3) is 3.78. The second kappa shape index (κ2) is 8.83. The van der Waals surface area contributed by atoms with Gasteiger partial charge in [0.2, 0.25) is 0 Å². The fraction of sp³-hybridized carbons (Fsp3) is 0.154. The second-order valence-electron chi connectivity index (χ2n) is 7.94. The minimum absolute atomic E-state index is 0.188. The molecule has 0 radical (unpaired) electrons. The highest BCUT2D eigenvalue weighted by molar-refractivity contribution is 6.30. The maximum Gasteiger partial charge on any atom is 0.273 e. The van der Waals surface area contributed by atoms with Gasteiger partial charge < -0.3 is 14.4 Å². The molecule has 4 aromatic rings. The highest BCUT2D eigenvalue weighted by atomic mass is 35.5. The quantitative estimate of drug-likeness (QED) is 0.390. The molecule has 1 aliphatic rings. The van der Waals surface area contributed by atoms with Crippen molar-refractivity contribution in [1.29, 1.82) is 0 Å². The normalized spacial score (nSPS) is 14.9. The number of rotatable bonds is 6. The van der Waals surface area contributed by atoms with Crippen molar-refractivity contribution in [2.24, 2.45) is 0 Å². The summed E-state index contributed by atoms with van der Waals surface area (Å²) in [6, 6.07) is 18.6. The van der Waals surface area contributed by atoms with Gasteiger partial charge in [0.25, 0.3) is 5.91 Å². The van der Waals surface area contributed by atoms with Crippen LogP contribution in [0.25, 0.3) is 11.3 Å². The Morgan fingerprint density at radius 2 is 1.71 bits per heavy atom. The van der Waals surface area contributed by atoms with Crippen molar-refractivity contribution in [1.82, 2.24) is 15.1 Å². The highest BCUT2D eigenvalue weighted by Crippen LogP contribution is 2.45. The van der Waals surface area contributed by atoms with Gasteiger partial charge in [0.1, 0.15) is 11.5 Å². The average molecular weight is 478 g/mol. The van der Waals surface area contributed by atoms with E-state index in [2.05, 4.69) is 10.2 Å².